The Hall–Kier alpha value is -0.310. The molecule has 27 heavy (non-hydrogen) atoms. The van der Waals surface area contributed by atoms with E-state index >= 15 is 0 Å². The molecule has 7 heteroatoms. The van der Waals surface area contributed by atoms with Gasteiger partial charge in [0.2, 0.25) is 0 Å². The van der Waals surface area contributed by atoms with E-state index in [0.717, 1.165) is 45.6 Å². The van der Waals surface area contributed by atoms with Crippen LogP contribution in [-0.2, 0) is 4.74 Å². The Labute approximate surface area is 162 Å². The molecular weight excluding hydrogens is 345 g/mol. The average molecular weight is 382 g/mol. The molecule has 0 aromatic rings. The molecular formula is C20H36FN5O. The first-order chi connectivity index (χ1) is 13.2. The van der Waals surface area contributed by atoms with Gasteiger partial charge in [0.1, 0.15) is 6.17 Å². The van der Waals surface area contributed by atoms with Crippen molar-refractivity contribution in [3.63, 3.8) is 0 Å². The number of nitrogens with one attached hydrogen (secondary N) is 3. The van der Waals surface area contributed by atoms with Gasteiger partial charge in [0.15, 0.2) is 0 Å². The standard InChI is InChI=1S/C20H36FN5O/c1-13-10-22-16-11-23-26-8-6-19(24-20(16)26)25-7-2-3-17(25)15-9-14(21)4-5-18(15)27-12-13/h13-20,22-24H,2-12H2,1H3/t13-,14?,15?,16?,17+,18?,19?,20?/m0/s1. The molecule has 4 saturated heterocycles. The number of ether oxygens (including phenoxy) is 1. The normalized spacial score (nSPS) is 49.6. The molecule has 3 N–H and O–H groups in total. The fraction of sp³-hybridized carbons (Fsp3) is 1.00. The van der Waals surface area contributed by atoms with E-state index in [1.807, 2.05) is 0 Å². The zero-order valence-electron chi connectivity index (χ0n) is 16.6. The second kappa shape index (κ2) is 7.84. The van der Waals surface area contributed by atoms with Crippen LogP contribution in [0.4, 0.5) is 4.39 Å². The zero-order valence-corrected chi connectivity index (χ0v) is 16.6. The van der Waals surface area contributed by atoms with E-state index in [1.54, 1.807) is 0 Å². The van der Waals surface area contributed by atoms with Gasteiger partial charge in [-0.2, -0.15) is 0 Å². The molecule has 2 bridgehead atoms. The molecule has 0 spiro atoms. The Kier molecular flexibility index (Phi) is 5.43. The number of hydrazine groups is 1. The molecule has 6 unspecified atom stereocenters. The molecule has 5 rings (SSSR count). The minimum absolute atomic E-state index is 0.229. The van der Waals surface area contributed by atoms with Gasteiger partial charge < -0.3 is 10.1 Å². The average Bonchev–Trinajstić information content (AvgIpc) is 3.31. The van der Waals surface area contributed by atoms with Crippen molar-refractivity contribution in [2.75, 3.05) is 32.8 Å². The molecule has 6 nitrogen and oxygen atoms in total. The lowest BCUT2D eigenvalue weighted by Gasteiger charge is -2.46. The van der Waals surface area contributed by atoms with Gasteiger partial charge in [0, 0.05) is 31.6 Å². The predicted octanol–water partition coefficient (Wildman–Crippen LogP) is 1.05. The Morgan fingerprint density at radius 3 is 2.93 bits per heavy atom. The van der Waals surface area contributed by atoms with Gasteiger partial charge in [0.05, 0.1) is 31.1 Å². The van der Waals surface area contributed by atoms with Crippen LogP contribution in [0.5, 0.6) is 0 Å². The SMILES string of the molecule is C[C@H]1CNC2CNN3CCC(NC23)N2CCC[C@@H]2C2CC(F)CCC2OC1. The number of hydrogen-bond donors (Lipinski definition) is 3. The highest BCUT2D eigenvalue weighted by molar-refractivity contribution is 4.99. The smallest absolute Gasteiger partial charge is 0.101 e. The topological polar surface area (TPSA) is 51.8 Å². The Balaban J connectivity index is 1.41. The van der Waals surface area contributed by atoms with Crippen molar-refractivity contribution in [2.45, 2.75) is 82.1 Å². The summed E-state index contributed by atoms with van der Waals surface area (Å²) in [5.74, 6) is 0.817. The van der Waals surface area contributed by atoms with E-state index in [-0.39, 0.29) is 6.10 Å². The first kappa shape index (κ1) is 18.7. The number of nitrogens with zero attached hydrogens (tertiary/aromatic N) is 2. The largest absolute Gasteiger partial charge is 0.378 e. The molecule has 1 aliphatic carbocycles. The lowest BCUT2D eigenvalue weighted by molar-refractivity contribution is -0.0722. The van der Waals surface area contributed by atoms with Gasteiger partial charge in [-0.15, -0.1) is 0 Å². The van der Waals surface area contributed by atoms with Crippen molar-refractivity contribution in [3.8, 4) is 0 Å². The zero-order chi connectivity index (χ0) is 18.4. The first-order valence-corrected chi connectivity index (χ1v) is 11.2. The van der Waals surface area contributed by atoms with E-state index in [9.17, 15) is 4.39 Å². The minimum atomic E-state index is -0.648. The van der Waals surface area contributed by atoms with Crippen LogP contribution in [0.1, 0.15) is 45.4 Å². The van der Waals surface area contributed by atoms with Crippen LogP contribution in [-0.4, -0.2) is 79.4 Å². The molecule has 5 aliphatic rings. The first-order valence-electron chi connectivity index (χ1n) is 11.2. The fourth-order valence-corrected chi connectivity index (χ4v) is 6.15. The highest BCUT2D eigenvalue weighted by Crippen LogP contribution is 2.39. The molecule has 0 aromatic carbocycles. The third kappa shape index (κ3) is 3.67. The van der Waals surface area contributed by atoms with Crippen LogP contribution in [0.25, 0.3) is 0 Å². The number of alkyl halides is 1. The van der Waals surface area contributed by atoms with E-state index in [2.05, 4.69) is 32.9 Å². The predicted molar refractivity (Wildman–Crippen MR) is 103 cm³/mol. The highest BCUT2D eigenvalue weighted by atomic mass is 19.1. The maximum absolute atomic E-state index is 14.4. The van der Waals surface area contributed by atoms with Gasteiger partial charge in [-0.25, -0.2) is 9.40 Å². The van der Waals surface area contributed by atoms with Crippen LogP contribution < -0.4 is 16.1 Å². The summed E-state index contributed by atoms with van der Waals surface area (Å²) in [6.45, 7) is 7.22. The maximum atomic E-state index is 14.4. The number of hydrogen-bond acceptors (Lipinski definition) is 6. The van der Waals surface area contributed by atoms with E-state index in [1.165, 1.54) is 12.8 Å². The van der Waals surface area contributed by atoms with Gasteiger partial charge in [-0.3, -0.25) is 15.6 Å². The summed E-state index contributed by atoms with van der Waals surface area (Å²) in [5.41, 5.74) is 3.56. The molecule has 0 aromatic heterocycles. The quantitative estimate of drug-likeness (QED) is 0.583. The second-order valence-electron chi connectivity index (χ2n) is 9.48. The molecule has 8 atom stereocenters. The van der Waals surface area contributed by atoms with Gasteiger partial charge in [0.25, 0.3) is 0 Å². The van der Waals surface area contributed by atoms with Crippen LogP contribution in [0.3, 0.4) is 0 Å². The highest BCUT2D eigenvalue weighted by Gasteiger charge is 2.46. The van der Waals surface area contributed by atoms with E-state index < -0.39 is 6.17 Å². The Morgan fingerprint density at radius 2 is 2.00 bits per heavy atom. The molecule has 4 aliphatic heterocycles. The van der Waals surface area contributed by atoms with Crippen molar-refractivity contribution in [3.05, 3.63) is 0 Å². The fourth-order valence-electron chi connectivity index (χ4n) is 6.15. The monoisotopic (exact) mass is 381 g/mol. The molecule has 4 heterocycles. The Bertz CT molecular complexity index is 525. The third-order valence-corrected chi connectivity index (χ3v) is 7.57. The molecule has 5 fully saturated rings. The molecule has 1 saturated carbocycles. The number of rotatable bonds is 0. The van der Waals surface area contributed by atoms with Crippen molar-refractivity contribution in [1.82, 2.24) is 26.0 Å². The van der Waals surface area contributed by atoms with Gasteiger partial charge in [-0.1, -0.05) is 6.92 Å². The van der Waals surface area contributed by atoms with Crippen molar-refractivity contribution in [1.29, 1.82) is 0 Å². The molecule has 154 valence electrons. The minimum Gasteiger partial charge on any atom is -0.378 e. The second-order valence-corrected chi connectivity index (χ2v) is 9.48. The lowest BCUT2D eigenvalue weighted by atomic mass is 9.79. The van der Waals surface area contributed by atoms with Crippen molar-refractivity contribution < 1.29 is 9.13 Å². The number of fused-ring (bicyclic) bond motifs is 5. The van der Waals surface area contributed by atoms with Crippen LogP contribution in [0.15, 0.2) is 0 Å². The lowest BCUT2D eigenvalue weighted by Crippen LogP contribution is -2.65. The summed E-state index contributed by atoms with van der Waals surface area (Å²) in [7, 11) is 0. The van der Waals surface area contributed by atoms with E-state index in [0.29, 0.717) is 49.1 Å². The summed E-state index contributed by atoms with van der Waals surface area (Å²) >= 11 is 0. The molecule has 0 amide bonds. The van der Waals surface area contributed by atoms with Gasteiger partial charge >= 0.3 is 0 Å². The van der Waals surface area contributed by atoms with Crippen molar-refractivity contribution >= 4 is 0 Å². The Morgan fingerprint density at radius 1 is 1.07 bits per heavy atom. The summed E-state index contributed by atoms with van der Waals surface area (Å²) in [4.78, 5) is 2.67. The van der Waals surface area contributed by atoms with E-state index in [4.69, 9.17) is 4.74 Å². The van der Waals surface area contributed by atoms with Crippen LogP contribution in [0.2, 0.25) is 0 Å². The molecule has 0 radical (unpaired) electrons. The van der Waals surface area contributed by atoms with Gasteiger partial charge in [-0.05, 0) is 51.0 Å². The summed E-state index contributed by atoms with van der Waals surface area (Å²) in [6.07, 6.45) is 6.12. The summed E-state index contributed by atoms with van der Waals surface area (Å²) in [6, 6.07) is 0.893. The summed E-state index contributed by atoms with van der Waals surface area (Å²) in [5, 5.41) is 10.1. The van der Waals surface area contributed by atoms with Crippen LogP contribution in [0, 0.1) is 11.8 Å². The third-order valence-electron chi connectivity index (χ3n) is 7.57. The van der Waals surface area contributed by atoms with Crippen molar-refractivity contribution in [2.24, 2.45) is 11.8 Å². The summed E-state index contributed by atoms with van der Waals surface area (Å²) < 4.78 is 20.8. The number of halogens is 1. The van der Waals surface area contributed by atoms with Crippen LogP contribution >= 0.6 is 0 Å². The maximum Gasteiger partial charge on any atom is 0.101 e.